The van der Waals surface area contributed by atoms with Crippen molar-refractivity contribution in [3.05, 3.63) is 60.1 Å². The van der Waals surface area contributed by atoms with Crippen LogP contribution in [0.3, 0.4) is 0 Å². The first-order chi connectivity index (χ1) is 12.7. The maximum absolute atomic E-state index is 5.76. The smallest absolute Gasteiger partial charge is 0.140 e. The van der Waals surface area contributed by atoms with E-state index in [9.17, 15) is 0 Å². The molecule has 1 aliphatic heterocycles. The minimum absolute atomic E-state index is 0.633. The van der Waals surface area contributed by atoms with Crippen molar-refractivity contribution < 1.29 is 4.42 Å². The summed E-state index contributed by atoms with van der Waals surface area (Å²) in [4.78, 5) is 11.3. The molecule has 26 heavy (non-hydrogen) atoms. The highest BCUT2D eigenvalue weighted by atomic mass is 16.3. The molecule has 1 atom stereocenters. The molecule has 5 nitrogen and oxygen atoms in total. The van der Waals surface area contributed by atoms with Gasteiger partial charge in [0.2, 0.25) is 0 Å². The topological polar surface area (TPSA) is 47.1 Å². The Balaban J connectivity index is 1.46. The number of rotatable bonds is 5. The molecule has 4 rings (SSSR count). The van der Waals surface area contributed by atoms with Gasteiger partial charge in [-0.05, 0) is 63.4 Å². The molecule has 136 valence electrons. The van der Waals surface area contributed by atoms with Gasteiger partial charge < -0.3 is 8.98 Å². The molecule has 0 bridgehead atoms. The summed E-state index contributed by atoms with van der Waals surface area (Å²) in [6.45, 7) is 8.32. The molecule has 1 saturated heterocycles. The van der Waals surface area contributed by atoms with Gasteiger partial charge in [0.15, 0.2) is 0 Å². The molecule has 0 N–H and O–H groups in total. The van der Waals surface area contributed by atoms with Crippen LogP contribution in [0.1, 0.15) is 30.1 Å². The quantitative estimate of drug-likeness (QED) is 0.696. The number of likely N-dealkylation sites (tertiary alicyclic amines) is 1. The fourth-order valence-electron chi connectivity index (χ4n) is 3.92. The fraction of sp³-hybridized carbons (Fsp3) is 0.429. The lowest BCUT2D eigenvalue weighted by Gasteiger charge is -2.32. The first kappa shape index (κ1) is 17.0. The van der Waals surface area contributed by atoms with Gasteiger partial charge >= 0.3 is 0 Å². The number of hydrogen-bond acceptors (Lipinski definition) is 4. The summed E-state index contributed by atoms with van der Waals surface area (Å²) in [5.74, 6) is 3.74. The average molecular weight is 350 g/mol. The molecule has 0 spiro atoms. The van der Waals surface area contributed by atoms with Crippen molar-refractivity contribution in [2.75, 3.05) is 13.1 Å². The van der Waals surface area contributed by atoms with E-state index in [1.54, 1.807) is 0 Å². The van der Waals surface area contributed by atoms with Gasteiger partial charge in [-0.2, -0.15) is 0 Å². The van der Waals surface area contributed by atoms with Crippen LogP contribution in [0.5, 0.6) is 0 Å². The van der Waals surface area contributed by atoms with Crippen molar-refractivity contribution >= 4 is 0 Å². The van der Waals surface area contributed by atoms with E-state index in [-0.39, 0.29) is 0 Å². The molecule has 3 aromatic heterocycles. The van der Waals surface area contributed by atoms with Crippen LogP contribution in [0, 0.1) is 19.8 Å². The van der Waals surface area contributed by atoms with E-state index in [1.807, 2.05) is 43.7 Å². The summed E-state index contributed by atoms with van der Waals surface area (Å²) >= 11 is 0. The van der Waals surface area contributed by atoms with Gasteiger partial charge in [-0.15, -0.1) is 0 Å². The molecule has 1 fully saturated rings. The Morgan fingerprint density at radius 2 is 2.00 bits per heavy atom. The Labute approximate surface area is 154 Å². The van der Waals surface area contributed by atoms with Gasteiger partial charge in [-0.3, -0.25) is 9.88 Å². The van der Waals surface area contributed by atoms with Gasteiger partial charge in [0.05, 0.1) is 6.54 Å². The molecule has 0 saturated carbocycles. The number of aromatic nitrogens is 3. The van der Waals surface area contributed by atoms with Gasteiger partial charge in [0, 0.05) is 42.9 Å². The lowest BCUT2D eigenvalue weighted by molar-refractivity contribution is 0.146. The molecule has 5 heteroatoms. The van der Waals surface area contributed by atoms with Crippen LogP contribution < -0.4 is 0 Å². The highest BCUT2D eigenvalue weighted by Gasteiger charge is 2.23. The highest BCUT2D eigenvalue weighted by Crippen LogP contribution is 2.25. The Kier molecular flexibility index (Phi) is 4.89. The van der Waals surface area contributed by atoms with Crippen LogP contribution in [0.2, 0.25) is 0 Å². The molecule has 0 radical (unpaired) electrons. The maximum atomic E-state index is 5.76. The van der Waals surface area contributed by atoms with E-state index in [2.05, 4.69) is 32.4 Å². The minimum Gasteiger partial charge on any atom is -0.465 e. The van der Waals surface area contributed by atoms with Crippen LogP contribution >= 0.6 is 0 Å². The van der Waals surface area contributed by atoms with E-state index in [1.165, 1.54) is 18.5 Å². The Morgan fingerprint density at radius 3 is 2.77 bits per heavy atom. The fourth-order valence-corrected chi connectivity index (χ4v) is 3.92. The van der Waals surface area contributed by atoms with Crippen LogP contribution in [0.25, 0.3) is 11.4 Å². The van der Waals surface area contributed by atoms with Crippen LogP contribution in [-0.4, -0.2) is 32.5 Å². The number of aryl methyl sites for hydroxylation is 2. The largest absolute Gasteiger partial charge is 0.465 e. The van der Waals surface area contributed by atoms with Crippen molar-refractivity contribution in [1.82, 2.24) is 19.4 Å². The van der Waals surface area contributed by atoms with Crippen molar-refractivity contribution in [2.45, 2.75) is 39.8 Å². The molecule has 1 aliphatic rings. The summed E-state index contributed by atoms with van der Waals surface area (Å²) in [5.41, 5.74) is 2.35. The van der Waals surface area contributed by atoms with Gasteiger partial charge in [-0.25, -0.2) is 4.98 Å². The van der Waals surface area contributed by atoms with Crippen molar-refractivity contribution in [3.8, 4) is 11.4 Å². The Bertz CT molecular complexity index is 852. The van der Waals surface area contributed by atoms with E-state index < -0.39 is 0 Å². The van der Waals surface area contributed by atoms with Crippen LogP contribution in [0.4, 0.5) is 0 Å². The SMILES string of the molecule is Cc1ccc(CN2CCCC(Cn3c(C)cnc3-c3ccncc3)C2)o1. The average Bonchev–Trinajstić information content (AvgIpc) is 3.22. The van der Waals surface area contributed by atoms with Crippen molar-refractivity contribution in [2.24, 2.45) is 5.92 Å². The van der Waals surface area contributed by atoms with Gasteiger partial charge in [0.25, 0.3) is 0 Å². The van der Waals surface area contributed by atoms with Gasteiger partial charge in [0.1, 0.15) is 17.3 Å². The molecule has 3 aromatic rings. The summed E-state index contributed by atoms with van der Waals surface area (Å²) in [7, 11) is 0. The number of nitrogens with zero attached hydrogens (tertiary/aromatic N) is 4. The lowest BCUT2D eigenvalue weighted by Crippen LogP contribution is -2.36. The second-order valence-corrected chi connectivity index (χ2v) is 7.33. The molecule has 0 aromatic carbocycles. The van der Waals surface area contributed by atoms with E-state index in [0.717, 1.165) is 49.1 Å². The second-order valence-electron chi connectivity index (χ2n) is 7.33. The highest BCUT2D eigenvalue weighted by molar-refractivity contribution is 5.55. The Hall–Kier alpha value is -2.40. The third-order valence-electron chi connectivity index (χ3n) is 5.21. The normalized spacial score (nSPS) is 18.3. The number of pyridine rings is 1. The molecule has 0 aliphatic carbocycles. The van der Waals surface area contributed by atoms with E-state index in [4.69, 9.17) is 4.42 Å². The first-order valence-corrected chi connectivity index (χ1v) is 9.39. The zero-order chi connectivity index (χ0) is 17.9. The standard InChI is InChI=1S/C21H26N4O/c1-16-12-23-21(19-7-9-22-10-8-19)25(16)14-18-4-3-11-24(13-18)15-20-6-5-17(2)26-20/h5-10,12,18H,3-4,11,13-15H2,1-2H3. The summed E-state index contributed by atoms with van der Waals surface area (Å²) < 4.78 is 8.12. The first-order valence-electron chi connectivity index (χ1n) is 9.39. The summed E-state index contributed by atoms with van der Waals surface area (Å²) in [5, 5.41) is 0. The maximum Gasteiger partial charge on any atom is 0.140 e. The monoisotopic (exact) mass is 350 g/mol. The number of piperidine rings is 1. The zero-order valence-electron chi connectivity index (χ0n) is 15.6. The van der Waals surface area contributed by atoms with Crippen LogP contribution in [-0.2, 0) is 13.1 Å². The predicted molar refractivity (Wildman–Crippen MR) is 102 cm³/mol. The third-order valence-corrected chi connectivity index (χ3v) is 5.21. The molecular formula is C21H26N4O. The van der Waals surface area contributed by atoms with E-state index >= 15 is 0 Å². The van der Waals surface area contributed by atoms with Crippen molar-refractivity contribution in [1.29, 1.82) is 0 Å². The summed E-state index contributed by atoms with van der Waals surface area (Å²) in [6, 6.07) is 8.21. The minimum atomic E-state index is 0.633. The van der Waals surface area contributed by atoms with E-state index in [0.29, 0.717) is 5.92 Å². The van der Waals surface area contributed by atoms with Gasteiger partial charge in [-0.1, -0.05) is 0 Å². The molecule has 1 unspecified atom stereocenters. The van der Waals surface area contributed by atoms with Crippen LogP contribution in [0.15, 0.2) is 47.3 Å². The molecular weight excluding hydrogens is 324 g/mol. The number of imidazole rings is 1. The Morgan fingerprint density at radius 1 is 1.15 bits per heavy atom. The second kappa shape index (κ2) is 7.46. The lowest BCUT2D eigenvalue weighted by atomic mass is 9.97. The van der Waals surface area contributed by atoms with Crippen molar-refractivity contribution in [3.63, 3.8) is 0 Å². The number of hydrogen-bond donors (Lipinski definition) is 0. The molecule has 0 amide bonds. The number of furan rings is 1. The summed E-state index contributed by atoms with van der Waals surface area (Å²) in [6.07, 6.45) is 8.14. The predicted octanol–water partition coefficient (Wildman–Crippen LogP) is 4.07. The molecule has 4 heterocycles. The third kappa shape index (κ3) is 3.73. The zero-order valence-corrected chi connectivity index (χ0v) is 15.6.